The predicted molar refractivity (Wildman–Crippen MR) is 81.2 cm³/mol. The van der Waals surface area contributed by atoms with Crippen molar-refractivity contribution in [1.29, 1.82) is 0 Å². The van der Waals surface area contributed by atoms with Crippen LogP contribution in [0.25, 0.3) is 0 Å². The van der Waals surface area contributed by atoms with E-state index < -0.39 is 48.6 Å². The van der Waals surface area contributed by atoms with E-state index in [0.717, 1.165) is 0 Å². The molecule has 0 radical (unpaired) electrons. The maximum Gasteiger partial charge on any atom is 0.326 e. The van der Waals surface area contributed by atoms with Gasteiger partial charge in [-0.2, -0.15) is 11.8 Å². The molecule has 0 saturated heterocycles. The molecule has 0 aromatic rings. The molecule has 0 aromatic heterocycles. The molecular formula is C12H23N3O6S. The number of nitrogens with two attached hydrogens (primary N) is 1. The zero-order valence-corrected chi connectivity index (χ0v) is 13.3. The standard InChI is InChI=1S/C12H23N3O6S/c1-6(17)9(15-10(18)7(13)5-16)11(19)14-8(12(20)21)3-4-22-2/h6-9,16-17H,3-5,13H2,1-2H3,(H,14,19)(H,15,18)(H,20,21)/t6-,7+,8+,9+/m1/s1. The first-order valence-electron chi connectivity index (χ1n) is 6.61. The number of carboxylic acids is 1. The predicted octanol–water partition coefficient (Wildman–Crippen LogP) is -2.51. The Morgan fingerprint density at radius 2 is 1.82 bits per heavy atom. The summed E-state index contributed by atoms with van der Waals surface area (Å²) in [5, 5.41) is 31.9. The van der Waals surface area contributed by atoms with Crippen LogP contribution < -0.4 is 16.4 Å². The van der Waals surface area contributed by atoms with Crippen LogP contribution in [0.2, 0.25) is 0 Å². The summed E-state index contributed by atoms with van der Waals surface area (Å²) >= 11 is 1.43. The summed E-state index contributed by atoms with van der Waals surface area (Å²) in [6.45, 7) is 0.651. The highest BCUT2D eigenvalue weighted by atomic mass is 32.2. The van der Waals surface area contributed by atoms with E-state index in [4.69, 9.17) is 15.9 Å². The maximum absolute atomic E-state index is 12.0. The van der Waals surface area contributed by atoms with Crippen LogP contribution >= 0.6 is 11.8 Å². The lowest BCUT2D eigenvalue weighted by molar-refractivity contribution is -0.143. The second kappa shape index (κ2) is 10.4. The van der Waals surface area contributed by atoms with Crippen LogP contribution in [0.1, 0.15) is 13.3 Å². The van der Waals surface area contributed by atoms with Gasteiger partial charge in [-0.05, 0) is 25.4 Å². The average Bonchev–Trinajstić information content (AvgIpc) is 2.46. The van der Waals surface area contributed by atoms with Crippen LogP contribution in [0.15, 0.2) is 0 Å². The highest BCUT2D eigenvalue weighted by Gasteiger charge is 2.30. The zero-order chi connectivity index (χ0) is 17.3. The first kappa shape index (κ1) is 20.6. The summed E-state index contributed by atoms with van der Waals surface area (Å²) in [6, 6.07) is -3.72. The van der Waals surface area contributed by atoms with Crippen molar-refractivity contribution < 1.29 is 29.7 Å². The molecule has 0 heterocycles. The Hall–Kier alpha value is -1.36. The van der Waals surface area contributed by atoms with Gasteiger partial charge in [0.2, 0.25) is 11.8 Å². The van der Waals surface area contributed by atoms with Crippen LogP contribution in [0, 0.1) is 0 Å². The summed E-state index contributed by atoms with van der Waals surface area (Å²) in [5.41, 5.74) is 5.31. The Morgan fingerprint density at radius 3 is 2.23 bits per heavy atom. The lowest BCUT2D eigenvalue weighted by Crippen LogP contribution is -2.58. The summed E-state index contributed by atoms with van der Waals surface area (Å²) in [5.74, 6) is -2.33. The third-order valence-electron chi connectivity index (χ3n) is 2.82. The van der Waals surface area contributed by atoms with Crippen LogP contribution in [0.5, 0.6) is 0 Å². The molecule has 0 aliphatic carbocycles. The number of thioether (sulfide) groups is 1. The highest BCUT2D eigenvalue weighted by molar-refractivity contribution is 7.98. The van der Waals surface area contributed by atoms with Crippen molar-refractivity contribution in [2.24, 2.45) is 5.73 Å². The summed E-state index contributed by atoms with van der Waals surface area (Å²) in [4.78, 5) is 34.7. The fourth-order valence-electron chi connectivity index (χ4n) is 1.50. The van der Waals surface area contributed by atoms with E-state index >= 15 is 0 Å². The molecule has 22 heavy (non-hydrogen) atoms. The van der Waals surface area contributed by atoms with E-state index in [9.17, 15) is 19.5 Å². The number of hydrogen-bond donors (Lipinski definition) is 6. The van der Waals surface area contributed by atoms with E-state index in [0.29, 0.717) is 5.75 Å². The smallest absolute Gasteiger partial charge is 0.326 e. The van der Waals surface area contributed by atoms with Gasteiger partial charge in [0, 0.05) is 0 Å². The lowest BCUT2D eigenvalue weighted by atomic mass is 10.1. The number of carbonyl (C=O) groups is 3. The van der Waals surface area contributed by atoms with Crippen molar-refractivity contribution in [2.75, 3.05) is 18.6 Å². The molecule has 0 spiro atoms. The molecule has 4 atom stereocenters. The molecule has 0 rings (SSSR count). The summed E-state index contributed by atoms with van der Waals surface area (Å²) < 4.78 is 0. The SMILES string of the molecule is CSCC[C@H](NC(=O)[C@@H](NC(=O)[C@@H](N)CO)[C@@H](C)O)C(=O)O. The number of hydrogen-bond acceptors (Lipinski definition) is 7. The largest absolute Gasteiger partial charge is 0.480 e. The molecule has 0 saturated carbocycles. The molecule has 128 valence electrons. The highest BCUT2D eigenvalue weighted by Crippen LogP contribution is 2.03. The number of aliphatic hydroxyl groups excluding tert-OH is 2. The molecule has 0 bridgehead atoms. The van der Waals surface area contributed by atoms with Gasteiger partial charge in [-0.25, -0.2) is 4.79 Å². The molecule has 7 N–H and O–H groups in total. The molecule has 0 unspecified atom stereocenters. The molecular weight excluding hydrogens is 314 g/mol. The third kappa shape index (κ3) is 7.07. The number of aliphatic hydroxyl groups is 2. The van der Waals surface area contributed by atoms with Crippen molar-refractivity contribution in [3.8, 4) is 0 Å². The third-order valence-corrected chi connectivity index (χ3v) is 3.47. The van der Waals surface area contributed by atoms with Crippen LogP contribution in [0.3, 0.4) is 0 Å². The number of carboxylic acid groups (broad SMARTS) is 1. The van der Waals surface area contributed by atoms with E-state index in [1.165, 1.54) is 18.7 Å². The zero-order valence-electron chi connectivity index (χ0n) is 12.5. The van der Waals surface area contributed by atoms with Crippen LogP contribution in [-0.4, -0.2) is 75.9 Å². The van der Waals surface area contributed by atoms with Gasteiger partial charge in [0.15, 0.2) is 0 Å². The lowest BCUT2D eigenvalue weighted by Gasteiger charge is -2.24. The second-order valence-electron chi connectivity index (χ2n) is 4.70. The van der Waals surface area contributed by atoms with E-state index in [1.807, 2.05) is 0 Å². The summed E-state index contributed by atoms with van der Waals surface area (Å²) in [6.07, 6.45) is 0.749. The number of aliphatic carboxylic acids is 1. The molecule has 0 aliphatic rings. The van der Waals surface area contributed by atoms with Gasteiger partial charge in [-0.15, -0.1) is 0 Å². The van der Waals surface area contributed by atoms with Crippen molar-refractivity contribution in [1.82, 2.24) is 10.6 Å². The quantitative estimate of drug-likeness (QED) is 0.255. The molecule has 10 heteroatoms. The Balaban J connectivity index is 4.83. The van der Waals surface area contributed by atoms with Crippen molar-refractivity contribution >= 4 is 29.5 Å². The minimum Gasteiger partial charge on any atom is -0.480 e. The van der Waals surface area contributed by atoms with Crippen LogP contribution in [0.4, 0.5) is 0 Å². The molecule has 0 aromatic carbocycles. The van der Waals surface area contributed by atoms with Gasteiger partial charge >= 0.3 is 5.97 Å². The van der Waals surface area contributed by atoms with E-state index in [1.54, 1.807) is 6.26 Å². The second-order valence-corrected chi connectivity index (χ2v) is 5.68. The van der Waals surface area contributed by atoms with E-state index in [2.05, 4.69) is 10.6 Å². The van der Waals surface area contributed by atoms with Crippen molar-refractivity contribution in [2.45, 2.75) is 37.6 Å². The Labute approximate surface area is 132 Å². The molecule has 9 nitrogen and oxygen atoms in total. The Bertz CT molecular complexity index is 393. The monoisotopic (exact) mass is 337 g/mol. The Morgan fingerprint density at radius 1 is 1.23 bits per heavy atom. The molecule has 0 aliphatic heterocycles. The van der Waals surface area contributed by atoms with Gasteiger partial charge in [-0.3, -0.25) is 9.59 Å². The van der Waals surface area contributed by atoms with Gasteiger partial charge < -0.3 is 31.7 Å². The summed E-state index contributed by atoms with van der Waals surface area (Å²) in [7, 11) is 0. The molecule has 2 amide bonds. The van der Waals surface area contributed by atoms with Gasteiger partial charge in [-0.1, -0.05) is 0 Å². The number of rotatable bonds is 10. The van der Waals surface area contributed by atoms with Crippen molar-refractivity contribution in [3.05, 3.63) is 0 Å². The molecule has 0 fully saturated rings. The minimum atomic E-state index is -1.36. The van der Waals surface area contributed by atoms with E-state index in [-0.39, 0.29) is 6.42 Å². The number of carbonyl (C=O) groups excluding carboxylic acids is 2. The normalized spacial score (nSPS) is 16.2. The Kier molecular flexibility index (Phi) is 9.74. The number of amides is 2. The van der Waals surface area contributed by atoms with Crippen molar-refractivity contribution in [3.63, 3.8) is 0 Å². The van der Waals surface area contributed by atoms with Gasteiger partial charge in [0.25, 0.3) is 0 Å². The van der Waals surface area contributed by atoms with Gasteiger partial charge in [0.1, 0.15) is 18.1 Å². The minimum absolute atomic E-state index is 0.207. The topological polar surface area (TPSA) is 162 Å². The average molecular weight is 337 g/mol. The maximum atomic E-state index is 12.0. The fraction of sp³-hybridized carbons (Fsp3) is 0.750. The fourth-order valence-corrected chi connectivity index (χ4v) is 1.97. The first-order chi connectivity index (χ1) is 10.2. The van der Waals surface area contributed by atoms with Gasteiger partial charge in [0.05, 0.1) is 12.7 Å². The number of nitrogens with one attached hydrogen (secondary N) is 2. The van der Waals surface area contributed by atoms with Crippen LogP contribution in [-0.2, 0) is 14.4 Å². The first-order valence-corrected chi connectivity index (χ1v) is 8.01.